The van der Waals surface area contributed by atoms with Crippen molar-refractivity contribution in [2.24, 2.45) is 11.8 Å². The number of hydrogen-bond donors (Lipinski definition) is 2. The maximum absolute atomic E-state index is 5.48. The topological polar surface area (TPSA) is 63.8 Å². The Bertz CT molecular complexity index is 245. The number of aromatic nitrogens is 2. The van der Waals surface area contributed by atoms with Crippen LogP contribution in [-0.4, -0.2) is 8.75 Å². The zero-order valence-corrected chi connectivity index (χ0v) is 8.26. The third-order valence-corrected chi connectivity index (χ3v) is 3.22. The van der Waals surface area contributed by atoms with Crippen molar-refractivity contribution in [3.63, 3.8) is 0 Å². The second kappa shape index (κ2) is 4.13. The number of rotatable bonds is 4. The van der Waals surface area contributed by atoms with E-state index in [0.29, 0.717) is 0 Å². The van der Waals surface area contributed by atoms with E-state index in [-0.39, 0.29) is 6.04 Å². The molecule has 5 heteroatoms. The van der Waals surface area contributed by atoms with Gasteiger partial charge >= 0.3 is 0 Å². The summed E-state index contributed by atoms with van der Waals surface area (Å²) >= 11 is 1.24. The molecule has 0 aromatic carbocycles. The monoisotopic (exact) mass is 198 g/mol. The van der Waals surface area contributed by atoms with Crippen molar-refractivity contribution in [3.8, 4) is 0 Å². The van der Waals surface area contributed by atoms with Crippen LogP contribution < -0.4 is 11.3 Å². The quantitative estimate of drug-likeness (QED) is 0.564. The minimum Gasteiger partial charge on any atom is -0.271 e. The maximum atomic E-state index is 5.48. The zero-order chi connectivity index (χ0) is 9.10. The first kappa shape index (κ1) is 9.05. The van der Waals surface area contributed by atoms with Crippen molar-refractivity contribution in [3.05, 3.63) is 11.9 Å². The van der Waals surface area contributed by atoms with Gasteiger partial charge in [-0.1, -0.05) is 19.3 Å². The van der Waals surface area contributed by atoms with Gasteiger partial charge in [-0.2, -0.15) is 8.75 Å². The van der Waals surface area contributed by atoms with Crippen LogP contribution >= 0.6 is 11.7 Å². The molecule has 0 bridgehead atoms. The standard InChI is InChI=1S/C8H14N4S/c9-11-7(4-6-2-1-3-6)8-5-10-13-12-8/h5-7,11H,1-4,9H2. The van der Waals surface area contributed by atoms with E-state index >= 15 is 0 Å². The summed E-state index contributed by atoms with van der Waals surface area (Å²) in [5.74, 6) is 6.31. The van der Waals surface area contributed by atoms with E-state index in [1.54, 1.807) is 6.20 Å². The molecular weight excluding hydrogens is 184 g/mol. The third-order valence-electron chi connectivity index (χ3n) is 2.73. The predicted molar refractivity (Wildman–Crippen MR) is 51.9 cm³/mol. The average molecular weight is 198 g/mol. The molecule has 1 saturated carbocycles. The fourth-order valence-corrected chi connectivity index (χ4v) is 2.13. The van der Waals surface area contributed by atoms with E-state index in [1.807, 2.05) is 0 Å². The molecule has 0 amide bonds. The first-order valence-electron chi connectivity index (χ1n) is 4.63. The fourth-order valence-electron chi connectivity index (χ4n) is 1.66. The largest absolute Gasteiger partial charge is 0.271 e. The summed E-state index contributed by atoms with van der Waals surface area (Å²) in [4.78, 5) is 0. The lowest BCUT2D eigenvalue weighted by atomic mass is 9.80. The second-order valence-electron chi connectivity index (χ2n) is 3.58. The lowest BCUT2D eigenvalue weighted by molar-refractivity contribution is 0.260. The van der Waals surface area contributed by atoms with Gasteiger partial charge in [-0.3, -0.25) is 11.3 Å². The van der Waals surface area contributed by atoms with Gasteiger partial charge < -0.3 is 0 Å². The minimum atomic E-state index is 0.198. The molecule has 1 atom stereocenters. The van der Waals surface area contributed by atoms with Gasteiger partial charge in [0.2, 0.25) is 0 Å². The molecule has 1 aromatic rings. The molecule has 1 unspecified atom stereocenters. The van der Waals surface area contributed by atoms with Gasteiger partial charge in [0.25, 0.3) is 0 Å². The molecule has 1 aliphatic rings. The summed E-state index contributed by atoms with van der Waals surface area (Å²) in [7, 11) is 0. The van der Waals surface area contributed by atoms with Crippen LogP contribution in [0.5, 0.6) is 0 Å². The van der Waals surface area contributed by atoms with Gasteiger partial charge in [0.1, 0.15) is 0 Å². The van der Waals surface area contributed by atoms with Crippen molar-refractivity contribution in [2.75, 3.05) is 0 Å². The molecule has 1 heterocycles. The molecule has 2 rings (SSSR count). The highest BCUT2D eigenvalue weighted by Gasteiger charge is 2.23. The van der Waals surface area contributed by atoms with E-state index in [9.17, 15) is 0 Å². The van der Waals surface area contributed by atoms with Crippen LogP contribution in [0.25, 0.3) is 0 Å². The first-order chi connectivity index (χ1) is 6.40. The van der Waals surface area contributed by atoms with Gasteiger partial charge in [-0.05, 0) is 12.3 Å². The summed E-state index contributed by atoms with van der Waals surface area (Å²) in [5.41, 5.74) is 3.79. The molecule has 1 aromatic heterocycles. The van der Waals surface area contributed by atoms with Crippen molar-refractivity contribution in [1.29, 1.82) is 0 Å². The third kappa shape index (κ3) is 2.04. The summed E-state index contributed by atoms with van der Waals surface area (Å²) in [6.07, 6.45) is 6.96. The number of hydrogen-bond acceptors (Lipinski definition) is 5. The molecule has 72 valence electrons. The fraction of sp³-hybridized carbons (Fsp3) is 0.750. The highest BCUT2D eigenvalue weighted by atomic mass is 32.1. The molecule has 1 aliphatic carbocycles. The number of nitrogens with zero attached hydrogens (tertiary/aromatic N) is 2. The summed E-state index contributed by atoms with van der Waals surface area (Å²) in [6.45, 7) is 0. The van der Waals surface area contributed by atoms with Gasteiger partial charge in [-0.15, -0.1) is 0 Å². The molecule has 4 nitrogen and oxygen atoms in total. The molecule has 3 N–H and O–H groups in total. The number of hydrazine groups is 1. The highest BCUT2D eigenvalue weighted by Crippen LogP contribution is 2.33. The van der Waals surface area contributed by atoms with Gasteiger partial charge in [0, 0.05) is 0 Å². The SMILES string of the molecule is NNC(CC1CCC1)c1cnsn1. The molecule has 0 saturated heterocycles. The normalized spacial score (nSPS) is 19.8. The Hall–Kier alpha value is -0.520. The number of nitrogens with one attached hydrogen (secondary N) is 1. The Labute approximate surface area is 81.8 Å². The minimum absolute atomic E-state index is 0.198. The molecule has 0 spiro atoms. The summed E-state index contributed by atoms with van der Waals surface area (Å²) < 4.78 is 8.16. The summed E-state index contributed by atoms with van der Waals surface area (Å²) in [5, 5.41) is 0. The van der Waals surface area contributed by atoms with Crippen LogP contribution in [0.15, 0.2) is 6.20 Å². The van der Waals surface area contributed by atoms with E-state index in [4.69, 9.17) is 5.84 Å². The van der Waals surface area contributed by atoms with Crippen LogP contribution in [0, 0.1) is 5.92 Å². The van der Waals surface area contributed by atoms with E-state index < -0.39 is 0 Å². The van der Waals surface area contributed by atoms with Crippen LogP contribution in [0.2, 0.25) is 0 Å². The zero-order valence-electron chi connectivity index (χ0n) is 7.44. The van der Waals surface area contributed by atoms with E-state index in [2.05, 4.69) is 14.2 Å². The van der Waals surface area contributed by atoms with Crippen LogP contribution in [0.4, 0.5) is 0 Å². The smallest absolute Gasteiger partial charge is 0.0925 e. The van der Waals surface area contributed by atoms with Crippen LogP contribution in [-0.2, 0) is 0 Å². The molecule has 13 heavy (non-hydrogen) atoms. The van der Waals surface area contributed by atoms with E-state index in [1.165, 1.54) is 31.0 Å². The Morgan fingerprint density at radius 3 is 3.00 bits per heavy atom. The second-order valence-corrected chi connectivity index (χ2v) is 4.14. The Balaban J connectivity index is 1.92. The molecule has 0 aliphatic heterocycles. The average Bonchev–Trinajstić information content (AvgIpc) is 2.55. The highest BCUT2D eigenvalue weighted by molar-refractivity contribution is 6.99. The van der Waals surface area contributed by atoms with Crippen molar-refractivity contribution >= 4 is 11.7 Å². The Morgan fingerprint density at radius 2 is 2.54 bits per heavy atom. The molecule has 1 fully saturated rings. The first-order valence-corrected chi connectivity index (χ1v) is 5.36. The number of nitrogens with two attached hydrogens (primary N) is 1. The van der Waals surface area contributed by atoms with Crippen LogP contribution in [0.1, 0.15) is 37.4 Å². The molecular formula is C8H14N4S. The predicted octanol–water partition coefficient (Wildman–Crippen LogP) is 1.23. The van der Waals surface area contributed by atoms with Crippen molar-refractivity contribution in [1.82, 2.24) is 14.2 Å². The maximum Gasteiger partial charge on any atom is 0.0925 e. The Morgan fingerprint density at radius 1 is 1.69 bits per heavy atom. The lowest BCUT2D eigenvalue weighted by Gasteiger charge is -2.28. The summed E-state index contributed by atoms with van der Waals surface area (Å²) in [6, 6.07) is 0.198. The lowest BCUT2D eigenvalue weighted by Crippen LogP contribution is -2.31. The van der Waals surface area contributed by atoms with Gasteiger partial charge in [0.05, 0.1) is 29.7 Å². The van der Waals surface area contributed by atoms with Gasteiger partial charge in [-0.25, -0.2) is 0 Å². The van der Waals surface area contributed by atoms with Gasteiger partial charge in [0.15, 0.2) is 0 Å². The Kier molecular flexibility index (Phi) is 2.87. The van der Waals surface area contributed by atoms with E-state index in [0.717, 1.165) is 18.0 Å². The van der Waals surface area contributed by atoms with Crippen LogP contribution in [0.3, 0.4) is 0 Å². The molecule has 0 radical (unpaired) electrons. The van der Waals surface area contributed by atoms with Crippen molar-refractivity contribution < 1.29 is 0 Å². The van der Waals surface area contributed by atoms with Crippen molar-refractivity contribution in [2.45, 2.75) is 31.7 Å².